The highest BCUT2D eigenvalue weighted by Crippen LogP contribution is 2.34. The van der Waals surface area contributed by atoms with Crippen molar-refractivity contribution in [1.29, 1.82) is 0 Å². The van der Waals surface area contributed by atoms with Gasteiger partial charge in [0.25, 0.3) is 0 Å². The third-order valence-electron chi connectivity index (χ3n) is 5.55. The van der Waals surface area contributed by atoms with E-state index in [0.717, 1.165) is 43.9 Å². The molecule has 0 bridgehead atoms. The molecule has 160 valence electrons. The topological polar surface area (TPSA) is 51.2 Å². The molecule has 0 atom stereocenters. The number of amides is 1. The molecule has 1 fully saturated rings. The molecule has 1 N–H and O–H groups in total. The van der Waals surface area contributed by atoms with Gasteiger partial charge in [-0.2, -0.15) is 0 Å². The molecular weight excluding hydrogens is 398 g/mol. The monoisotopic (exact) mass is 422 g/mol. The number of aromatic nitrogens is 1. The van der Waals surface area contributed by atoms with Gasteiger partial charge in [-0.3, -0.25) is 4.79 Å². The van der Waals surface area contributed by atoms with Crippen molar-refractivity contribution in [3.63, 3.8) is 0 Å². The van der Waals surface area contributed by atoms with E-state index in [1.165, 1.54) is 24.3 Å². The van der Waals surface area contributed by atoms with Gasteiger partial charge in [0.05, 0.1) is 6.20 Å². The predicted octanol–water partition coefficient (Wildman–Crippen LogP) is 6.12. The first-order valence-electron chi connectivity index (χ1n) is 10.5. The molecule has 0 radical (unpaired) electrons. The van der Waals surface area contributed by atoms with E-state index < -0.39 is 11.6 Å². The van der Waals surface area contributed by atoms with E-state index in [9.17, 15) is 13.6 Å². The molecule has 1 aromatic heterocycles. The third kappa shape index (κ3) is 5.26. The van der Waals surface area contributed by atoms with Crippen LogP contribution in [0.2, 0.25) is 0 Å². The Labute approximate surface area is 180 Å². The van der Waals surface area contributed by atoms with E-state index in [-0.39, 0.29) is 35.6 Å². The largest absolute Gasteiger partial charge is 0.488 e. The lowest BCUT2D eigenvalue weighted by atomic mass is 9.89. The van der Waals surface area contributed by atoms with Crippen LogP contribution < -0.4 is 10.1 Å². The lowest BCUT2D eigenvalue weighted by Gasteiger charge is -2.20. The van der Waals surface area contributed by atoms with Crippen LogP contribution in [0.25, 0.3) is 11.1 Å². The number of hydrogen-bond donors (Lipinski definition) is 1. The first kappa shape index (κ1) is 21.0. The molecular formula is C25H24F2N2O2. The fraction of sp³-hybridized carbons (Fsp3) is 0.280. The summed E-state index contributed by atoms with van der Waals surface area (Å²) in [6.07, 6.45) is 6.01. The zero-order valence-corrected chi connectivity index (χ0v) is 17.1. The number of pyridine rings is 1. The summed E-state index contributed by atoms with van der Waals surface area (Å²) >= 11 is 0. The van der Waals surface area contributed by atoms with Crippen molar-refractivity contribution in [3.05, 3.63) is 78.0 Å². The molecule has 1 aliphatic rings. The quantitative estimate of drug-likeness (QED) is 0.520. The van der Waals surface area contributed by atoms with Crippen LogP contribution in [0.5, 0.6) is 5.75 Å². The molecule has 1 heterocycles. The number of halogens is 2. The SMILES string of the molecule is O=C(Nc1cc(-c2ccc(F)cc2OCc2ccccc2)c(F)cn1)C1CCCCC1. The molecule has 1 saturated carbocycles. The Hall–Kier alpha value is -3.28. The number of carbonyl (C=O) groups excluding carboxylic acids is 1. The van der Waals surface area contributed by atoms with Crippen LogP contribution in [0.4, 0.5) is 14.6 Å². The van der Waals surface area contributed by atoms with Gasteiger partial charge in [-0.25, -0.2) is 13.8 Å². The summed E-state index contributed by atoms with van der Waals surface area (Å²) in [6, 6.07) is 14.9. The summed E-state index contributed by atoms with van der Waals surface area (Å²) in [4.78, 5) is 16.6. The lowest BCUT2D eigenvalue weighted by Crippen LogP contribution is -2.25. The minimum Gasteiger partial charge on any atom is -0.488 e. The first-order chi connectivity index (χ1) is 15.1. The fourth-order valence-corrected chi connectivity index (χ4v) is 3.88. The zero-order chi connectivity index (χ0) is 21.6. The second kappa shape index (κ2) is 9.69. The lowest BCUT2D eigenvalue weighted by molar-refractivity contribution is -0.120. The van der Waals surface area contributed by atoms with E-state index in [1.54, 1.807) is 0 Å². The number of rotatable bonds is 6. The van der Waals surface area contributed by atoms with Gasteiger partial charge in [0.2, 0.25) is 5.91 Å². The minimum atomic E-state index is -0.577. The van der Waals surface area contributed by atoms with E-state index in [1.807, 2.05) is 30.3 Å². The molecule has 3 aromatic rings. The number of ether oxygens (including phenoxy) is 1. The van der Waals surface area contributed by atoms with Crippen molar-refractivity contribution in [1.82, 2.24) is 4.98 Å². The maximum atomic E-state index is 14.7. The molecule has 4 rings (SSSR count). The maximum absolute atomic E-state index is 14.7. The number of anilines is 1. The number of benzene rings is 2. The molecule has 1 aliphatic carbocycles. The van der Waals surface area contributed by atoms with Crippen molar-refractivity contribution in [3.8, 4) is 16.9 Å². The molecule has 0 saturated heterocycles. The Bertz CT molecular complexity index is 1050. The Kier molecular flexibility index (Phi) is 6.55. The van der Waals surface area contributed by atoms with Crippen molar-refractivity contribution in [2.75, 3.05) is 5.32 Å². The normalized spacial score (nSPS) is 14.3. The second-order valence-corrected chi connectivity index (χ2v) is 7.79. The van der Waals surface area contributed by atoms with Gasteiger partial charge < -0.3 is 10.1 Å². The van der Waals surface area contributed by atoms with Gasteiger partial charge in [-0.05, 0) is 36.6 Å². The summed E-state index contributed by atoms with van der Waals surface area (Å²) in [5.74, 6) is -0.702. The van der Waals surface area contributed by atoms with Gasteiger partial charge in [0.15, 0.2) is 0 Å². The van der Waals surface area contributed by atoms with Gasteiger partial charge in [0, 0.05) is 23.1 Å². The predicted molar refractivity (Wildman–Crippen MR) is 116 cm³/mol. The average Bonchev–Trinajstić information content (AvgIpc) is 2.80. The molecule has 6 heteroatoms. The summed E-state index contributed by atoms with van der Waals surface area (Å²) in [6.45, 7) is 0.218. The minimum absolute atomic E-state index is 0.0420. The van der Waals surface area contributed by atoms with Crippen LogP contribution in [0.3, 0.4) is 0 Å². The van der Waals surface area contributed by atoms with E-state index >= 15 is 0 Å². The zero-order valence-electron chi connectivity index (χ0n) is 17.1. The van der Waals surface area contributed by atoms with Gasteiger partial charge in [0.1, 0.15) is 29.8 Å². The highest BCUT2D eigenvalue weighted by molar-refractivity contribution is 5.92. The van der Waals surface area contributed by atoms with Crippen LogP contribution in [-0.2, 0) is 11.4 Å². The molecule has 31 heavy (non-hydrogen) atoms. The molecule has 0 unspecified atom stereocenters. The number of carbonyl (C=O) groups is 1. The van der Waals surface area contributed by atoms with Crippen LogP contribution in [0.1, 0.15) is 37.7 Å². The summed E-state index contributed by atoms with van der Waals surface area (Å²) in [5.41, 5.74) is 1.50. The Morgan fingerprint density at radius 1 is 1.00 bits per heavy atom. The Balaban J connectivity index is 1.58. The molecule has 0 spiro atoms. The van der Waals surface area contributed by atoms with Crippen LogP contribution in [-0.4, -0.2) is 10.9 Å². The maximum Gasteiger partial charge on any atom is 0.228 e. The Morgan fingerprint density at radius 3 is 2.55 bits per heavy atom. The molecule has 4 nitrogen and oxygen atoms in total. The highest BCUT2D eigenvalue weighted by Gasteiger charge is 2.22. The summed E-state index contributed by atoms with van der Waals surface area (Å²) in [5, 5.41) is 2.81. The standard InChI is InChI=1S/C25H24F2N2O2/c26-19-11-12-20(23(13-19)31-16-17-7-3-1-4-8-17)21-14-24(28-15-22(21)27)29-25(30)18-9-5-2-6-10-18/h1,3-4,7-8,11-15,18H,2,5-6,9-10,16H2,(H,28,29,30). The van der Waals surface area contributed by atoms with E-state index in [4.69, 9.17) is 4.74 Å². The Morgan fingerprint density at radius 2 is 1.77 bits per heavy atom. The van der Waals surface area contributed by atoms with Crippen LogP contribution in [0.15, 0.2) is 60.8 Å². The molecule has 1 amide bonds. The van der Waals surface area contributed by atoms with Gasteiger partial charge >= 0.3 is 0 Å². The number of hydrogen-bond acceptors (Lipinski definition) is 3. The van der Waals surface area contributed by atoms with Gasteiger partial charge in [-0.1, -0.05) is 49.6 Å². The van der Waals surface area contributed by atoms with Crippen molar-refractivity contribution < 1.29 is 18.3 Å². The number of nitrogens with zero attached hydrogens (tertiary/aromatic N) is 1. The van der Waals surface area contributed by atoms with Gasteiger partial charge in [-0.15, -0.1) is 0 Å². The summed E-state index contributed by atoms with van der Waals surface area (Å²) < 4.78 is 34.4. The third-order valence-corrected chi connectivity index (χ3v) is 5.55. The first-order valence-corrected chi connectivity index (χ1v) is 10.5. The van der Waals surface area contributed by atoms with Crippen LogP contribution in [0, 0.1) is 17.6 Å². The van der Waals surface area contributed by atoms with Crippen molar-refractivity contribution in [2.45, 2.75) is 38.7 Å². The second-order valence-electron chi connectivity index (χ2n) is 7.79. The summed E-state index contributed by atoms with van der Waals surface area (Å²) in [7, 11) is 0. The molecule has 0 aliphatic heterocycles. The smallest absolute Gasteiger partial charge is 0.228 e. The van der Waals surface area contributed by atoms with Crippen molar-refractivity contribution >= 4 is 11.7 Å². The highest BCUT2D eigenvalue weighted by atomic mass is 19.1. The number of nitrogens with one attached hydrogen (secondary N) is 1. The average molecular weight is 422 g/mol. The fourth-order valence-electron chi connectivity index (χ4n) is 3.88. The van der Waals surface area contributed by atoms with E-state index in [2.05, 4.69) is 10.3 Å². The van der Waals surface area contributed by atoms with Crippen molar-refractivity contribution in [2.24, 2.45) is 5.92 Å². The van der Waals surface area contributed by atoms with Crippen LogP contribution >= 0.6 is 0 Å². The van der Waals surface area contributed by atoms with E-state index in [0.29, 0.717) is 5.56 Å². The molecule has 2 aromatic carbocycles.